The molecule has 1 aromatic carbocycles. The molecule has 6 heteroatoms. The molecule has 0 bridgehead atoms. The van der Waals surface area contributed by atoms with Gasteiger partial charge in [-0.1, -0.05) is 11.6 Å². The summed E-state index contributed by atoms with van der Waals surface area (Å²) in [5, 5.41) is 1.47. The van der Waals surface area contributed by atoms with E-state index in [-0.39, 0.29) is 24.2 Å². The van der Waals surface area contributed by atoms with Crippen molar-refractivity contribution in [2.24, 2.45) is 0 Å². The van der Waals surface area contributed by atoms with Gasteiger partial charge in [0.1, 0.15) is 11.7 Å². The zero-order valence-electron chi connectivity index (χ0n) is 13.5. The Bertz CT molecular complexity index is 759. The molecule has 2 heterocycles. The second kappa shape index (κ2) is 6.39. The number of ether oxygens (including phenoxy) is 2. The number of hydrogen-bond donors (Lipinski definition) is 0. The highest BCUT2D eigenvalue weighted by atomic mass is 35.5. The maximum absolute atomic E-state index is 13.0. The maximum atomic E-state index is 13.0. The van der Waals surface area contributed by atoms with E-state index in [1.165, 1.54) is 0 Å². The van der Waals surface area contributed by atoms with Gasteiger partial charge in [0, 0.05) is 23.6 Å². The second-order valence-electron chi connectivity index (χ2n) is 6.27. The first-order chi connectivity index (χ1) is 11.7. The molecule has 2 aromatic rings. The Balaban J connectivity index is 1.58. The van der Waals surface area contributed by atoms with Crippen molar-refractivity contribution in [1.29, 1.82) is 0 Å². The summed E-state index contributed by atoms with van der Waals surface area (Å²) in [6.07, 6.45) is 1.85. The van der Waals surface area contributed by atoms with Crippen LogP contribution in [0.4, 0.5) is 0 Å². The molecular weight excluding hydrogens is 330 g/mol. The van der Waals surface area contributed by atoms with Crippen LogP contribution in [0.3, 0.4) is 0 Å². The van der Waals surface area contributed by atoms with Crippen LogP contribution < -0.4 is 0 Å². The van der Waals surface area contributed by atoms with Crippen LogP contribution in [0, 0.1) is 0 Å². The van der Waals surface area contributed by atoms with Crippen LogP contribution in [-0.4, -0.2) is 48.8 Å². The molecule has 24 heavy (non-hydrogen) atoms. The Morgan fingerprint density at radius 3 is 3.08 bits per heavy atom. The van der Waals surface area contributed by atoms with Crippen molar-refractivity contribution in [3.05, 3.63) is 35.0 Å². The Morgan fingerprint density at radius 1 is 1.38 bits per heavy atom. The van der Waals surface area contributed by atoms with Gasteiger partial charge in [0.05, 0.1) is 18.8 Å². The van der Waals surface area contributed by atoms with E-state index in [0.29, 0.717) is 36.1 Å². The molecule has 0 radical (unpaired) electrons. The first-order valence-corrected chi connectivity index (χ1v) is 8.78. The van der Waals surface area contributed by atoms with Crippen molar-refractivity contribution in [3.63, 3.8) is 0 Å². The van der Waals surface area contributed by atoms with Crippen LogP contribution in [0.1, 0.15) is 30.3 Å². The second-order valence-corrected chi connectivity index (χ2v) is 6.70. The predicted molar refractivity (Wildman–Crippen MR) is 90.4 cm³/mol. The quantitative estimate of drug-likeness (QED) is 0.851. The Labute approximate surface area is 145 Å². The molecule has 1 saturated carbocycles. The fourth-order valence-corrected chi connectivity index (χ4v) is 4.00. The molecule has 1 amide bonds. The SMILES string of the molecule is CCO[C@@H]1CC[C@@H]2[C@H]1OCCN2C(=O)c1cc2cc(Cl)ccc2o1. The van der Waals surface area contributed by atoms with Crippen molar-refractivity contribution in [1.82, 2.24) is 4.90 Å². The molecule has 1 saturated heterocycles. The number of amides is 1. The highest BCUT2D eigenvalue weighted by Gasteiger charge is 2.45. The van der Waals surface area contributed by atoms with E-state index in [1.54, 1.807) is 24.3 Å². The van der Waals surface area contributed by atoms with E-state index in [4.69, 9.17) is 25.5 Å². The third-order valence-electron chi connectivity index (χ3n) is 4.87. The predicted octanol–water partition coefficient (Wildman–Crippen LogP) is 3.49. The van der Waals surface area contributed by atoms with Crippen LogP contribution >= 0.6 is 11.6 Å². The normalized spacial score (nSPS) is 26.8. The first-order valence-electron chi connectivity index (χ1n) is 8.40. The van der Waals surface area contributed by atoms with E-state index < -0.39 is 0 Å². The topological polar surface area (TPSA) is 51.9 Å². The lowest BCUT2D eigenvalue weighted by molar-refractivity contribution is -0.103. The van der Waals surface area contributed by atoms with E-state index in [1.807, 2.05) is 11.8 Å². The van der Waals surface area contributed by atoms with Gasteiger partial charge >= 0.3 is 0 Å². The molecular formula is C18H20ClNO4. The minimum absolute atomic E-state index is 0.0403. The Morgan fingerprint density at radius 2 is 2.25 bits per heavy atom. The summed E-state index contributed by atoms with van der Waals surface area (Å²) in [6, 6.07) is 7.18. The van der Waals surface area contributed by atoms with Gasteiger partial charge in [-0.2, -0.15) is 0 Å². The van der Waals surface area contributed by atoms with Crippen molar-refractivity contribution in [2.75, 3.05) is 19.8 Å². The number of carbonyl (C=O) groups is 1. The summed E-state index contributed by atoms with van der Waals surface area (Å²) in [6.45, 7) is 3.76. The molecule has 0 N–H and O–H groups in total. The van der Waals surface area contributed by atoms with Crippen LogP contribution in [-0.2, 0) is 9.47 Å². The number of carbonyl (C=O) groups excluding carboxylic acids is 1. The van der Waals surface area contributed by atoms with Gasteiger partial charge in [-0.25, -0.2) is 0 Å². The van der Waals surface area contributed by atoms with Gasteiger partial charge in [0.2, 0.25) is 0 Å². The lowest BCUT2D eigenvalue weighted by atomic mass is 10.1. The molecule has 1 aliphatic heterocycles. The fraction of sp³-hybridized carbons (Fsp3) is 0.500. The molecule has 1 aliphatic carbocycles. The summed E-state index contributed by atoms with van der Waals surface area (Å²) in [5.74, 6) is 0.269. The lowest BCUT2D eigenvalue weighted by Crippen LogP contribution is -2.53. The Hall–Kier alpha value is -1.56. The van der Waals surface area contributed by atoms with Crippen LogP contribution in [0.5, 0.6) is 0 Å². The number of nitrogens with zero attached hydrogens (tertiary/aromatic N) is 1. The summed E-state index contributed by atoms with van der Waals surface area (Å²) < 4.78 is 17.4. The van der Waals surface area contributed by atoms with Crippen molar-refractivity contribution >= 4 is 28.5 Å². The lowest BCUT2D eigenvalue weighted by Gasteiger charge is -2.38. The van der Waals surface area contributed by atoms with Gasteiger partial charge in [0.25, 0.3) is 5.91 Å². The molecule has 2 aliphatic rings. The average Bonchev–Trinajstić information content (AvgIpc) is 3.18. The largest absolute Gasteiger partial charge is 0.451 e. The third-order valence-corrected chi connectivity index (χ3v) is 5.10. The first kappa shape index (κ1) is 15.9. The molecule has 1 aromatic heterocycles. The van der Waals surface area contributed by atoms with E-state index >= 15 is 0 Å². The van der Waals surface area contributed by atoms with E-state index in [0.717, 1.165) is 18.2 Å². The number of benzene rings is 1. The molecule has 5 nitrogen and oxygen atoms in total. The summed E-state index contributed by atoms with van der Waals surface area (Å²) in [4.78, 5) is 14.8. The number of rotatable bonds is 3. The van der Waals surface area contributed by atoms with Gasteiger partial charge < -0.3 is 18.8 Å². The van der Waals surface area contributed by atoms with Crippen LogP contribution in [0.2, 0.25) is 5.02 Å². The molecule has 2 fully saturated rings. The number of fused-ring (bicyclic) bond motifs is 2. The number of hydrogen-bond acceptors (Lipinski definition) is 4. The third kappa shape index (κ3) is 2.70. The van der Waals surface area contributed by atoms with Gasteiger partial charge in [-0.3, -0.25) is 4.79 Å². The summed E-state index contributed by atoms with van der Waals surface area (Å²) in [5.41, 5.74) is 0.672. The summed E-state index contributed by atoms with van der Waals surface area (Å²) in [7, 11) is 0. The Kier molecular flexibility index (Phi) is 4.24. The maximum Gasteiger partial charge on any atom is 0.290 e. The fourth-order valence-electron chi connectivity index (χ4n) is 3.82. The van der Waals surface area contributed by atoms with Crippen molar-refractivity contribution in [2.45, 2.75) is 38.0 Å². The molecule has 0 unspecified atom stereocenters. The standard InChI is InChI=1S/C18H20ClNO4/c1-2-22-15-6-4-13-17(15)23-8-7-20(13)18(21)16-10-11-9-12(19)3-5-14(11)24-16/h3,5,9-10,13,15,17H,2,4,6-8H2,1H3/t13-,15-,17-/m1/s1. The minimum atomic E-state index is -0.0854. The zero-order chi connectivity index (χ0) is 16.7. The molecule has 128 valence electrons. The van der Waals surface area contributed by atoms with E-state index in [2.05, 4.69) is 0 Å². The number of halogens is 1. The van der Waals surface area contributed by atoms with Gasteiger partial charge in [-0.15, -0.1) is 0 Å². The van der Waals surface area contributed by atoms with Crippen LogP contribution in [0.25, 0.3) is 11.0 Å². The highest BCUT2D eigenvalue weighted by Crippen LogP contribution is 2.33. The van der Waals surface area contributed by atoms with Crippen molar-refractivity contribution in [3.8, 4) is 0 Å². The average molecular weight is 350 g/mol. The van der Waals surface area contributed by atoms with E-state index in [9.17, 15) is 4.79 Å². The summed E-state index contributed by atoms with van der Waals surface area (Å²) >= 11 is 6.01. The van der Waals surface area contributed by atoms with Crippen LogP contribution in [0.15, 0.2) is 28.7 Å². The number of furan rings is 1. The molecule has 4 rings (SSSR count). The van der Waals surface area contributed by atoms with Gasteiger partial charge in [0.15, 0.2) is 5.76 Å². The smallest absolute Gasteiger partial charge is 0.290 e. The number of morpholine rings is 1. The minimum Gasteiger partial charge on any atom is -0.451 e. The molecule has 0 spiro atoms. The van der Waals surface area contributed by atoms with Gasteiger partial charge in [-0.05, 0) is 44.0 Å². The van der Waals surface area contributed by atoms with Crippen molar-refractivity contribution < 1.29 is 18.7 Å². The zero-order valence-corrected chi connectivity index (χ0v) is 14.3. The highest BCUT2D eigenvalue weighted by molar-refractivity contribution is 6.31. The molecule has 3 atom stereocenters. The monoisotopic (exact) mass is 349 g/mol.